The number of ether oxygens (including phenoxy) is 1. The third-order valence-corrected chi connectivity index (χ3v) is 3.13. The number of hydrogen-bond donors (Lipinski definition) is 0. The van der Waals surface area contributed by atoms with Gasteiger partial charge in [0.2, 0.25) is 0 Å². The first-order valence-electron chi connectivity index (χ1n) is 7.23. The molecule has 1 aromatic carbocycles. The minimum absolute atomic E-state index is 0.260. The summed E-state index contributed by atoms with van der Waals surface area (Å²) in [5, 5.41) is 0. The van der Waals surface area contributed by atoms with Crippen molar-refractivity contribution in [2.24, 2.45) is 5.92 Å². The molecule has 1 aliphatic rings. The third-order valence-electron chi connectivity index (χ3n) is 3.13. The van der Waals surface area contributed by atoms with Crippen molar-refractivity contribution >= 4 is 0 Å². The smallest absolute Gasteiger partial charge is 0.381 e. The summed E-state index contributed by atoms with van der Waals surface area (Å²) in [7, 11) is 0. The Kier molecular flexibility index (Phi) is 8.54. The van der Waals surface area contributed by atoms with Crippen LogP contribution in [0, 0.1) is 5.92 Å². The average Bonchev–Trinajstić information content (AvgIpc) is 2.40. The molecule has 1 fully saturated rings. The second-order valence-electron chi connectivity index (χ2n) is 4.21. The van der Waals surface area contributed by atoms with Crippen LogP contribution in [0.15, 0.2) is 24.3 Å². The molecule has 20 heavy (non-hydrogen) atoms. The zero-order valence-electron chi connectivity index (χ0n) is 12.9. The van der Waals surface area contributed by atoms with E-state index in [0.29, 0.717) is 19.1 Å². The Morgan fingerprint density at radius 1 is 1.00 bits per heavy atom. The lowest BCUT2D eigenvalue weighted by atomic mass is 9.86. The van der Waals surface area contributed by atoms with E-state index >= 15 is 0 Å². The van der Waals surface area contributed by atoms with E-state index in [9.17, 15) is 13.2 Å². The summed E-state index contributed by atoms with van der Waals surface area (Å²) >= 11 is 0. The van der Waals surface area contributed by atoms with Crippen molar-refractivity contribution in [3.8, 4) is 0 Å². The van der Waals surface area contributed by atoms with Crippen molar-refractivity contribution in [2.75, 3.05) is 13.2 Å². The first kappa shape index (κ1) is 19.0. The molecule has 0 spiro atoms. The number of rotatable bonds is 2. The lowest BCUT2D eigenvalue weighted by Gasteiger charge is -2.31. The second-order valence-corrected chi connectivity index (χ2v) is 4.21. The van der Waals surface area contributed by atoms with Crippen LogP contribution >= 0.6 is 0 Å². The van der Waals surface area contributed by atoms with Gasteiger partial charge in [-0.2, -0.15) is 13.2 Å². The molecule has 0 aromatic heterocycles. The first-order valence-corrected chi connectivity index (χ1v) is 7.23. The maximum absolute atomic E-state index is 12.3. The molecule has 0 radical (unpaired) electrons. The fourth-order valence-corrected chi connectivity index (χ4v) is 1.79. The Labute approximate surface area is 120 Å². The van der Waals surface area contributed by atoms with E-state index in [-0.39, 0.29) is 5.92 Å². The Bertz CT molecular complexity index is 353. The van der Waals surface area contributed by atoms with Crippen molar-refractivity contribution < 1.29 is 17.9 Å². The fraction of sp³-hybridized carbons (Fsp3) is 0.625. The largest absolute Gasteiger partial charge is 0.416 e. The van der Waals surface area contributed by atoms with Gasteiger partial charge in [-0.15, -0.1) is 0 Å². The number of alkyl halides is 3. The predicted octanol–water partition coefficient (Wildman–Crippen LogP) is 5.51. The Balaban J connectivity index is 0.000000829. The number of hydrogen-bond acceptors (Lipinski definition) is 1. The van der Waals surface area contributed by atoms with Gasteiger partial charge in [0.05, 0.1) is 18.8 Å². The van der Waals surface area contributed by atoms with E-state index in [4.69, 9.17) is 4.74 Å². The highest BCUT2D eigenvalue weighted by atomic mass is 19.4. The maximum atomic E-state index is 12.3. The Hall–Kier alpha value is -1.03. The molecule has 116 valence electrons. The molecule has 1 heterocycles. The van der Waals surface area contributed by atoms with Crippen LogP contribution in [0.3, 0.4) is 0 Å². The summed E-state index contributed by atoms with van der Waals surface area (Å²) < 4.78 is 42.1. The molecular formula is C16H25F3O. The van der Waals surface area contributed by atoms with Gasteiger partial charge in [-0.25, -0.2) is 0 Å². The monoisotopic (exact) mass is 290 g/mol. The summed E-state index contributed by atoms with van der Waals surface area (Å²) in [6, 6.07) is 5.41. The van der Waals surface area contributed by atoms with Gasteiger partial charge in [-0.3, -0.25) is 0 Å². The molecular weight excluding hydrogens is 265 g/mol. The van der Waals surface area contributed by atoms with Gasteiger partial charge >= 0.3 is 6.18 Å². The Morgan fingerprint density at radius 3 is 1.75 bits per heavy atom. The van der Waals surface area contributed by atoms with Crippen molar-refractivity contribution in [3.05, 3.63) is 35.4 Å². The van der Waals surface area contributed by atoms with Crippen LogP contribution in [0.5, 0.6) is 0 Å². The van der Waals surface area contributed by atoms with E-state index in [2.05, 4.69) is 0 Å². The van der Waals surface area contributed by atoms with E-state index in [1.807, 2.05) is 34.6 Å². The molecule has 1 unspecified atom stereocenters. The molecule has 0 aliphatic carbocycles. The minimum Gasteiger partial charge on any atom is -0.381 e. The summed E-state index contributed by atoms with van der Waals surface area (Å²) in [6.45, 7) is 11.4. The topological polar surface area (TPSA) is 9.23 Å². The van der Waals surface area contributed by atoms with Gasteiger partial charge in [0.1, 0.15) is 0 Å². The van der Waals surface area contributed by atoms with Gasteiger partial charge in [0.25, 0.3) is 0 Å². The van der Waals surface area contributed by atoms with Crippen molar-refractivity contribution in [1.82, 2.24) is 0 Å². The standard InChI is InChI=1S/C12H13F3O.2C2H6/c1-8(10-6-16-7-10)9-2-4-11(5-3-9)12(13,14)15;2*1-2/h2-5,8,10H,6-7H2,1H3;2*1-2H3. The van der Waals surface area contributed by atoms with Gasteiger partial charge in [0, 0.05) is 5.92 Å². The zero-order valence-corrected chi connectivity index (χ0v) is 12.9. The highest BCUT2D eigenvalue weighted by Gasteiger charge is 2.31. The summed E-state index contributed by atoms with van der Waals surface area (Å²) in [5.41, 5.74) is 0.356. The van der Waals surface area contributed by atoms with E-state index in [0.717, 1.165) is 17.7 Å². The number of benzene rings is 1. The molecule has 1 nitrogen and oxygen atoms in total. The highest BCUT2D eigenvalue weighted by molar-refractivity contribution is 5.27. The third kappa shape index (κ3) is 5.16. The van der Waals surface area contributed by atoms with Gasteiger partial charge in [-0.05, 0) is 23.6 Å². The molecule has 0 saturated carbocycles. The van der Waals surface area contributed by atoms with Crippen LogP contribution in [0.4, 0.5) is 13.2 Å². The van der Waals surface area contributed by atoms with Crippen molar-refractivity contribution in [2.45, 2.75) is 46.7 Å². The van der Waals surface area contributed by atoms with E-state index < -0.39 is 11.7 Å². The van der Waals surface area contributed by atoms with E-state index in [1.54, 1.807) is 12.1 Å². The van der Waals surface area contributed by atoms with Crippen LogP contribution in [-0.2, 0) is 10.9 Å². The predicted molar refractivity (Wildman–Crippen MR) is 76.9 cm³/mol. The van der Waals surface area contributed by atoms with Crippen LogP contribution in [-0.4, -0.2) is 13.2 Å². The zero-order chi connectivity index (χ0) is 15.8. The fourth-order valence-electron chi connectivity index (χ4n) is 1.79. The summed E-state index contributed by atoms with van der Waals surface area (Å²) in [6.07, 6.45) is -4.25. The van der Waals surface area contributed by atoms with Crippen molar-refractivity contribution in [3.63, 3.8) is 0 Å². The molecule has 1 saturated heterocycles. The van der Waals surface area contributed by atoms with Crippen LogP contribution in [0.2, 0.25) is 0 Å². The lowest BCUT2D eigenvalue weighted by molar-refractivity contribution is -0.137. The van der Waals surface area contributed by atoms with Crippen molar-refractivity contribution in [1.29, 1.82) is 0 Å². The molecule has 0 N–H and O–H groups in total. The number of halogens is 3. The SMILES string of the molecule is CC.CC.CC(c1ccc(C(F)(F)F)cc1)C1COC1. The minimum atomic E-state index is -4.25. The molecule has 0 bridgehead atoms. The molecule has 2 rings (SSSR count). The maximum Gasteiger partial charge on any atom is 0.416 e. The normalized spacial score (nSPS) is 16.0. The average molecular weight is 290 g/mol. The first-order chi connectivity index (χ1) is 9.48. The highest BCUT2D eigenvalue weighted by Crippen LogP contribution is 2.33. The van der Waals surface area contributed by atoms with E-state index in [1.165, 1.54) is 0 Å². The second kappa shape index (κ2) is 9.01. The molecule has 1 aliphatic heterocycles. The molecule has 0 amide bonds. The van der Waals surface area contributed by atoms with Gasteiger partial charge in [0.15, 0.2) is 0 Å². The van der Waals surface area contributed by atoms with Crippen LogP contribution < -0.4 is 0 Å². The Morgan fingerprint density at radius 2 is 1.45 bits per heavy atom. The lowest BCUT2D eigenvalue weighted by Crippen LogP contribution is -2.31. The van der Waals surface area contributed by atoms with Crippen LogP contribution in [0.1, 0.15) is 51.7 Å². The molecule has 4 heteroatoms. The summed E-state index contributed by atoms with van der Waals surface area (Å²) in [5.74, 6) is 0.702. The summed E-state index contributed by atoms with van der Waals surface area (Å²) in [4.78, 5) is 0. The molecule has 1 aromatic rings. The quantitative estimate of drug-likeness (QED) is 0.698. The van der Waals surface area contributed by atoms with Crippen LogP contribution in [0.25, 0.3) is 0 Å². The molecule has 1 atom stereocenters. The van der Waals surface area contributed by atoms with Gasteiger partial charge in [-0.1, -0.05) is 46.8 Å². The van der Waals surface area contributed by atoms with Gasteiger partial charge < -0.3 is 4.74 Å².